The molecule has 1 aliphatic rings. The molecule has 0 fully saturated rings. The molecule has 0 aliphatic carbocycles. The van der Waals surface area contributed by atoms with Gasteiger partial charge in [-0.2, -0.15) is 0 Å². The summed E-state index contributed by atoms with van der Waals surface area (Å²) in [5.74, 6) is 0.814. The van der Waals surface area contributed by atoms with Crippen LogP contribution in [0.3, 0.4) is 0 Å². The highest BCUT2D eigenvalue weighted by Gasteiger charge is 2.51. The summed E-state index contributed by atoms with van der Waals surface area (Å²) in [4.78, 5) is 4.64. The largest absolute Gasteiger partial charge is 0.497 e. The average molecular weight is 527 g/mol. The van der Waals surface area contributed by atoms with Crippen LogP contribution in [0.5, 0.6) is 5.75 Å². The normalized spacial score (nSPS) is 21.2. The van der Waals surface area contributed by atoms with E-state index >= 15 is 0 Å². The Morgan fingerprint density at radius 3 is 2.24 bits per heavy atom. The van der Waals surface area contributed by atoms with Gasteiger partial charge in [-0.05, 0) is 60.9 Å². The maximum absolute atomic E-state index is 6.93. The molecule has 0 bridgehead atoms. The Kier molecular flexibility index (Phi) is 8.32. The van der Waals surface area contributed by atoms with Gasteiger partial charge in [-0.1, -0.05) is 78.5 Å². The zero-order valence-corrected chi connectivity index (χ0v) is 22.9. The Labute approximate surface area is 229 Å². The Morgan fingerprint density at radius 2 is 1.58 bits per heavy atom. The molecule has 0 amide bonds. The van der Waals surface area contributed by atoms with Crippen molar-refractivity contribution in [1.29, 1.82) is 0 Å². The highest BCUT2D eigenvalue weighted by Crippen LogP contribution is 2.53. The molecule has 4 atom stereocenters. The summed E-state index contributed by atoms with van der Waals surface area (Å²) < 4.78 is 19.0. The number of hydrogen-bond acceptors (Lipinski definition) is 6. The van der Waals surface area contributed by atoms with Crippen LogP contribution in [-0.4, -0.2) is 29.8 Å². The van der Waals surface area contributed by atoms with Gasteiger partial charge in [0.15, 0.2) is 0 Å². The lowest BCUT2D eigenvalue weighted by molar-refractivity contribution is -0.0970. The minimum Gasteiger partial charge on any atom is -0.497 e. The highest BCUT2D eigenvalue weighted by atomic mass is 32.2. The molecule has 5 nitrogen and oxygen atoms in total. The molecule has 0 spiro atoms. The number of fused-ring (bicyclic) bond motifs is 1. The van der Waals surface area contributed by atoms with Crippen LogP contribution in [0.25, 0.3) is 0 Å². The first-order chi connectivity index (χ1) is 18.6. The van der Waals surface area contributed by atoms with E-state index in [1.807, 2.05) is 60.8 Å². The van der Waals surface area contributed by atoms with E-state index in [1.165, 1.54) is 0 Å². The molecule has 2 heterocycles. The van der Waals surface area contributed by atoms with Crippen LogP contribution < -0.4 is 10.1 Å². The van der Waals surface area contributed by atoms with Gasteiger partial charge in [-0.15, -0.1) is 0 Å². The lowest BCUT2D eigenvalue weighted by atomic mass is 9.81. The Morgan fingerprint density at radius 1 is 0.895 bits per heavy atom. The van der Waals surface area contributed by atoms with Crippen molar-refractivity contribution >= 4 is 17.4 Å². The van der Waals surface area contributed by atoms with Gasteiger partial charge in [0, 0.05) is 11.9 Å². The van der Waals surface area contributed by atoms with E-state index in [0.29, 0.717) is 13.2 Å². The van der Waals surface area contributed by atoms with Gasteiger partial charge < -0.3 is 19.5 Å². The number of benzene rings is 3. The van der Waals surface area contributed by atoms with Gasteiger partial charge in [0.2, 0.25) is 0 Å². The minimum atomic E-state index is -0.645. The molecule has 6 heteroatoms. The van der Waals surface area contributed by atoms with Crippen LogP contribution in [0, 0.1) is 0 Å². The quantitative estimate of drug-likeness (QED) is 0.234. The maximum atomic E-state index is 6.93. The van der Waals surface area contributed by atoms with Gasteiger partial charge in [0.1, 0.15) is 11.4 Å². The summed E-state index contributed by atoms with van der Waals surface area (Å²) in [6.45, 7) is 5.34. The van der Waals surface area contributed by atoms with Crippen molar-refractivity contribution in [3.05, 3.63) is 120 Å². The smallest absolute Gasteiger partial charge is 0.119 e. The molecule has 0 radical (unpaired) electrons. The molecule has 4 aromatic rings. The van der Waals surface area contributed by atoms with Gasteiger partial charge in [0.25, 0.3) is 0 Å². The molecular weight excluding hydrogens is 492 g/mol. The SMILES string of the molecule is COc1ccc2c(c1)C(Sc1ccccn1)C(C)(OCc1ccccc1)C([C@H](C)OCc1ccccc1)N2. The van der Waals surface area contributed by atoms with Crippen LogP contribution in [0.4, 0.5) is 5.69 Å². The fraction of sp³-hybridized carbons (Fsp3) is 0.281. The zero-order chi connectivity index (χ0) is 26.4. The van der Waals surface area contributed by atoms with E-state index in [-0.39, 0.29) is 17.4 Å². The number of pyridine rings is 1. The lowest BCUT2D eigenvalue weighted by Crippen LogP contribution is -2.58. The lowest BCUT2D eigenvalue weighted by Gasteiger charge is -2.50. The molecule has 0 saturated carbocycles. The van der Waals surface area contributed by atoms with Crippen molar-refractivity contribution in [3.63, 3.8) is 0 Å². The van der Waals surface area contributed by atoms with E-state index in [0.717, 1.165) is 33.2 Å². The second-order valence-corrected chi connectivity index (χ2v) is 10.8. The van der Waals surface area contributed by atoms with Crippen molar-refractivity contribution in [1.82, 2.24) is 4.98 Å². The van der Waals surface area contributed by atoms with Crippen molar-refractivity contribution in [2.45, 2.75) is 55.1 Å². The summed E-state index contributed by atoms with van der Waals surface area (Å²) in [7, 11) is 1.70. The molecule has 38 heavy (non-hydrogen) atoms. The Bertz CT molecular complexity index is 1310. The van der Waals surface area contributed by atoms with Crippen molar-refractivity contribution < 1.29 is 14.2 Å². The predicted molar refractivity (Wildman–Crippen MR) is 154 cm³/mol. The molecule has 3 aromatic carbocycles. The van der Waals surface area contributed by atoms with Gasteiger partial charge in [-0.3, -0.25) is 0 Å². The first-order valence-corrected chi connectivity index (χ1v) is 13.8. The Balaban J connectivity index is 1.53. The molecule has 1 aromatic heterocycles. The zero-order valence-electron chi connectivity index (χ0n) is 22.0. The second-order valence-electron chi connectivity index (χ2n) is 9.70. The number of hydrogen-bond donors (Lipinski definition) is 1. The summed E-state index contributed by atoms with van der Waals surface area (Å²) in [5, 5.41) is 4.66. The summed E-state index contributed by atoms with van der Waals surface area (Å²) >= 11 is 1.72. The number of nitrogens with zero attached hydrogens (tertiary/aromatic N) is 1. The number of nitrogens with one attached hydrogen (secondary N) is 1. The third-order valence-corrected chi connectivity index (χ3v) is 8.53. The Hall–Kier alpha value is -3.32. The topological polar surface area (TPSA) is 52.6 Å². The van der Waals surface area contributed by atoms with Crippen LogP contribution in [0.2, 0.25) is 0 Å². The molecule has 5 rings (SSSR count). The van der Waals surface area contributed by atoms with Crippen LogP contribution in [0.15, 0.2) is 108 Å². The molecule has 3 unspecified atom stereocenters. The van der Waals surface area contributed by atoms with Gasteiger partial charge >= 0.3 is 0 Å². The van der Waals surface area contributed by atoms with E-state index in [2.05, 4.69) is 66.6 Å². The van der Waals surface area contributed by atoms with Crippen molar-refractivity contribution in [2.24, 2.45) is 0 Å². The molecule has 0 saturated heterocycles. The van der Waals surface area contributed by atoms with E-state index < -0.39 is 5.60 Å². The van der Waals surface area contributed by atoms with Gasteiger partial charge in [0.05, 0.1) is 42.7 Å². The van der Waals surface area contributed by atoms with Gasteiger partial charge in [-0.25, -0.2) is 4.98 Å². The molecule has 196 valence electrons. The number of thioether (sulfide) groups is 1. The fourth-order valence-electron chi connectivity index (χ4n) is 4.98. The molecule has 1 aliphatic heterocycles. The standard InChI is InChI=1S/C32H34N2O3S/c1-23(36-21-24-12-6-4-7-13-24)30-32(2,37-22-25-14-8-5-9-15-25)31(38-29-16-10-11-19-33-29)27-20-26(35-3)17-18-28(27)34-30/h4-20,23,30-31,34H,21-22H2,1-3H3/t23-,30?,31?,32?/m0/s1. The number of anilines is 1. The van der Waals surface area contributed by atoms with E-state index in [9.17, 15) is 0 Å². The molecule has 1 N–H and O–H groups in total. The van der Waals surface area contributed by atoms with E-state index in [1.54, 1.807) is 18.9 Å². The van der Waals surface area contributed by atoms with Crippen molar-refractivity contribution in [3.8, 4) is 5.75 Å². The first kappa shape index (κ1) is 26.3. The number of methoxy groups -OCH3 is 1. The maximum Gasteiger partial charge on any atom is 0.119 e. The average Bonchev–Trinajstić information content (AvgIpc) is 2.97. The summed E-state index contributed by atoms with van der Waals surface area (Å²) in [6, 6.07) is 32.7. The summed E-state index contributed by atoms with van der Waals surface area (Å²) in [5.41, 5.74) is 3.81. The first-order valence-electron chi connectivity index (χ1n) is 12.9. The number of ether oxygens (including phenoxy) is 3. The second kappa shape index (κ2) is 12.0. The fourth-order valence-corrected chi connectivity index (χ4v) is 6.27. The van der Waals surface area contributed by atoms with Crippen molar-refractivity contribution in [2.75, 3.05) is 12.4 Å². The number of aromatic nitrogens is 1. The molecular formula is C32H34N2O3S. The minimum absolute atomic E-state index is 0.0692. The number of rotatable bonds is 10. The summed E-state index contributed by atoms with van der Waals surface area (Å²) in [6.07, 6.45) is 1.69. The predicted octanol–water partition coefficient (Wildman–Crippen LogP) is 7.30. The van der Waals surface area contributed by atoms with E-state index in [4.69, 9.17) is 14.2 Å². The third-order valence-electron chi connectivity index (χ3n) is 7.08. The third kappa shape index (κ3) is 5.88. The van der Waals surface area contributed by atoms with Crippen LogP contribution >= 0.6 is 11.8 Å². The monoisotopic (exact) mass is 526 g/mol. The van der Waals surface area contributed by atoms with Crippen LogP contribution in [-0.2, 0) is 22.7 Å². The highest BCUT2D eigenvalue weighted by molar-refractivity contribution is 7.99. The van der Waals surface area contributed by atoms with Crippen LogP contribution in [0.1, 0.15) is 35.8 Å².